The lowest BCUT2D eigenvalue weighted by atomic mass is 9.88. The van der Waals surface area contributed by atoms with E-state index in [1.54, 1.807) is 0 Å². The predicted molar refractivity (Wildman–Crippen MR) is 131 cm³/mol. The highest BCUT2D eigenvalue weighted by Gasteiger charge is 2.37. The summed E-state index contributed by atoms with van der Waals surface area (Å²) < 4.78 is 0. The molecular weight excluding hydrogens is 406 g/mol. The van der Waals surface area contributed by atoms with Crippen LogP contribution < -0.4 is 0 Å². The molecule has 0 spiro atoms. The second kappa shape index (κ2) is 7.57. The van der Waals surface area contributed by atoms with Gasteiger partial charge in [0.15, 0.2) is 5.78 Å². The van der Waals surface area contributed by atoms with Gasteiger partial charge in [-0.15, -0.1) is 0 Å². The summed E-state index contributed by atoms with van der Waals surface area (Å²) in [6.07, 6.45) is 9.46. The van der Waals surface area contributed by atoms with Crippen LogP contribution in [0.15, 0.2) is 126 Å². The molecular formula is C30H19NO2. The van der Waals surface area contributed by atoms with Crippen LogP contribution in [0.3, 0.4) is 0 Å². The van der Waals surface area contributed by atoms with E-state index in [1.807, 2.05) is 120 Å². The number of ketones is 2. The average molecular weight is 425 g/mol. The van der Waals surface area contributed by atoms with Gasteiger partial charge < -0.3 is 4.90 Å². The van der Waals surface area contributed by atoms with E-state index in [0.717, 1.165) is 28.0 Å². The highest BCUT2D eigenvalue weighted by molar-refractivity contribution is 6.38. The third-order valence-electron chi connectivity index (χ3n) is 6.19. The molecule has 0 atom stereocenters. The van der Waals surface area contributed by atoms with E-state index in [4.69, 9.17) is 0 Å². The molecule has 0 radical (unpaired) electrons. The van der Waals surface area contributed by atoms with Gasteiger partial charge in [0.25, 0.3) is 0 Å². The minimum Gasteiger partial charge on any atom is -0.312 e. The van der Waals surface area contributed by atoms with Gasteiger partial charge in [-0.3, -0.25) is 9.59 Å². The van der Waals surface area contributed by atoms with Gasteiger partial charge in [-0.1, -0.05) is 91.0 Å². The fourth-order valence-electron chi connectivity index (χ4n) is 4.62. The Balaban J connectivity index is 1.50. The maximum absolute atomic E-state index is 13.7. The monoisotopic (exact) mass is 425 g/mol. The number of fused-ring (bicyclic) bond motifs is 2. The summed E-state index contributed by atoms with van der Waals surface area (Å²) in [6.45, 7) is 0. The Morgan fingerprint density at radius 2 is 1.27 bits per heavy atom. The molecule has 33 heavy (non-hydrogen) atoms. The molecule has 0 N–H and O–H groups in total. The Kier molecular flexibility index (Phi) is 4.41. The quantitative estimate of drug-likeness (QED) is 0.469. The van der Waals surface area contributed by atoms with Gasteiger partial charge >= 0.3 is 0 Å². The minimum absolute atomic E-state index is 0.0250. The Morgan fingerprint density at radius 3 is 2.03 bits per heavy atom. The number of hydrogen-bond acceptors (Lipinski definition) is 3. The molecule has 3 aromatic carbocycles. The second-order valence-corrected chi connectivity index (χ2v) is 8.12. The lowest BCUT2D eigenvalue weighted by molar-refractivity contribution is -0.110. The van der Waals surface area contributed by atoms with E-state index in [9.17, 15) is 9.59 Å². The van der Waals surface area contributed by atoms with Crippen molar-refractivity contribution >= 4 is 28.9 Å². The Bertz CT molecular complexity index is 1470. The number of nitrogens with zero attached hydrogens (tertiary/aromatic N) is 1. The van der Waals surface area contributed by atoms with Crippen LogP contribution in [-0.4, -0.2) is 16.5 Å². The van der Waals surface area contributed by atoms with Crippen LogP contribution in [0.2, 0.25) is 0 Å². The summed E-state index contributed by atoms with van der Waals surface area (Å²) in [7, 11) is 0. The van der Waals surface area contributed by atoms with Crippen LogP contribution in [0, 0.1) is 0 Å². The van der Waals surface area contributed by atoms with Crippen LogP contribution in [0.5, 0.6) is 0 Å². The van der Waals surface area contributed by atoms with Gasteiger partial charge in [0.1, 0.15) is 0 Å². The van der Waals surface area contributed by atoms with Gasteiger partial charge in [0.05, 0.1) is 17.0 Å². The van der Waals surface area contributed by atoms with E-state index in [-0.39, 0.29) is 11.6 Å². The van der Waals surface area contributed by atoms with Crippen molar-refractivity contribution in [3.05, 3.63) is 148 Å². The largest absolute Gasteiger partial charge is 0.312 e. The van der Waals surface area contributed by atoms with Gasteiger partial charge in [0, 0.05) is 17.3 Å². The maximum atomic E-state index is 13.7. The first kappa shape index (κ1) is 19.2. The molecule has 3 aliphatic rings. The summed E-state index contributed by atoms with van der Waals surface area (Å²) in [5, 5.41) is 0. The van der Waals surface area contributed by atoms with Crippen molar-refractivity contribution in [2.24, 2.45) is 0 Å². The molecule has 156 valence electrons. The zero-order valence-corrected chi connectivity index (χ0v) is 17.7. The van der Waals surface area contributed by atoms with Crippen molar-refractivity contribution in [3.8, 4) is 0 Å². The third-order valence-corrected chi connectivity index (χ3v) is 6.19. The molecule has 0 saturated heterocycles. The Morgan fingerprint density at radius 1 is 0.606 bits per heavy atom. The first-order valence-corrected chi connectivity index (χ1v) is 10.9. The van der Waals surface area contributed by atoms with Crippen molar-refractivity contribution in [2.75, 3.05) is 0 Å². The van der Waals surface area contributed by atoms with Crippen molar-refractivity contribution in [2.45, 2.75) is 0 Å². The normalized spacial score (nSPS) is 19.0. The van der Waals surface area contributed by atoms with Crippen LogP contribution in [0.4, 0.5) is 0 Å². The first-order chi connectivity index (χ1) is 16.2. The lowest BCUT2D eigenvalue weighted by Crippen LogP contribution is -2.17. The van der Waals surface area contributed by atoms with Crippen LogP contribution in [-0.2, 0) is 4.79 Å². The third kappa shape index (κ3) is 3.06. The molecule has 6 rings (SSSR count). The molecule has 0 amide bonds. The Hall–Kier alpha value is -4.50. The molecule has 0 unspecified atom stereocenters. The van der Waals surface area contributed by atoms with Crippen molar-refractivity contribution in [3.63, 3.8) is 0 Å². The van der Waals surface area contributed by atoms with Crippen LogP contribution >= 0.6 is 0 Å². The molecule has 0 aromatic heterocycles. The summed E-state index contributed by atoms with van der Waals surface area (Å²) >= 11 is 0. The highest BCUT2D eigenvalue weighted by atomic mass is 16.1. The van der Waals surface area contributed by atoms with E-state index in [2.05, 4.69) is 0 Å². The standard InChI is InChI=1S/C30H19NO2/c32-29-24-14-8-7-9-20(24)15-16-25(29)23-17-18-31-26(19-23)30(33)27(21-10-3-1-4-11-21)28(31)22-12-5-2-6-13-22/h1-19H/b25-23-. The maximum Gasteiger partial charge on any atom is 0.212 e. The van der Waals surface area contributed by atoms with Crippen molar-refractivity contribution in [1.82, 2.24) is 4.90 Å². The number of allylic oxidation sites excluding steroid dienone is 6. The molecule has 2 heterocycles. The van der Waals surface area contributed by atoms with Crippen molar-refractivity contribution < 1.29 is 9.59 Å². The van der Waals surface area contributed by atoms with E-state index < -0.39 is 0 Å². The average Bonchev–Trinajstić information content (AvgIpc) is 3.17. The number of hydrogen-bond donors (Lipinski definition) is 0. The smallest absolute Gasteiger partial charge is 0.212 e. The SMILES string of the molecule is O=C1C2=C/C(=C3/C=Cc4ccccc4C3=O)C=CN2C(c2ccccc2)=C1c1ccccc1. The molecule has 1 aliphatic carbocycles. The molecule has 3 heteroatoms. The van der Waals surface area contributed by atoms with Crippen LogP contribution in [0.25, 0.3) is 17.3 Å². The molecule has 0 fully saturated rings. The zero-order chi connectivity index (χ0) is 22.4. The molecule has 2 aliphatic heterocycles. The number of carbonyl (C=O) groups is 2. The van der Waals surface area contributed by atoms with E-state index in [0.29, 0.717) is 22.4 Å². The fourth-order valence-corrected chi connectivity index (χ4v) is 4.62. The second-order valence-electron chi connectivity index (χ2n) is 8.12. The van der Waals surface area contributed by atoms with Gasteiger partial charge in [-0.2, -0.15) is 0 Å². The van der Waals surface area contributed by atoms with E-state index in [1.165, 1.54) is 0 Å². The number of rotatable bonds is 2. The van der Waals surface area contributed by atoms with Gasteiger partial charge in [-0.25, -0.2) is 0 Å². The minimum atomic E-state index is -0.0462. The molecule has 0 saturated carbocycles. The first-order valence-electron chi connectivity index (χ1n) is 10.9. The zero-order valence-electron chi connectivity index (χ0n) is 17.7. The summed E-state index contributed by atoms with van der Waals surface area (Å²) in [4.78, 5) is 28.8. The van der Waals surface area contributed by atoms with E-state index >= 15 is 0 Å². The van der Waals surface area contributed by atoms with Crippen molar-refractivity contribution in [1.29, 1.82) is 0 Å². The van der Waals surface area contributed by atoms with Crippen LogP contribution in [0.1, 0.15) is 27.0 Å². The molecule has 0 bridgehead atoms. The Labute approximate surface area is 192 Å². The summed E-state index contributed by atoms with van der Waals surface area (Å²) in [6, 6.07) is 27.3. The predicted octanol–water partition coefficient (Wildman–Crippen LogP) is 6.06. The number of carbonyl (C=O) groups excluding carboxylic acids is 2. The molecule has 3 aromatic rings. The number of Topliss-reactive ketones (excluding diaryl/α,β-unsaturated/α-hetero) is 2. The summed E-state index contributed by atoms with van der Waals surface area (Å²) in [5.41, 5.74) is 6.86. The molecule has 3 nitrogen and oxygen atoms in total. The topological polar surface area (TPSA) is 37.4 Å². The lowest BCUT2D eigenvalue weighted by Gasteiger charge is -2.23. The van der Waals surface area contributed by atoms with Gasteiger partial charge in [0.2, 0.25) is 5.78 Å². The number of benzene rings is 3. The highest BCUT2D eigenvalue weighted by Crippen LogP contribution is 2.43. The summed E-state index contributed by atoms with van der Waals surface area (Å²) in [5.74, 6) is -0.0711. The fraction of sp³-hybridized carbons (Fsp3) is 0. The van der Waals surface area contributed by atoms with Gasteiger partial charge in [-0.05, 0) is 40.5 Å².